The van der Waals surface area contributed by atoms with E-state index in [0.717, 1.165) is 12.8 Å². The lowest BCUT2D eigenvalue weighted by atomic mass is 10.00. The van der Waals surface area contributed by atoms with Crippen molar-refractivity contribution in [2.45, 2.75) is 169 Å². The van der Waals surface area contributed by atoms with Gasteiger partial charge < -0.3 is 10.2 Å². The summed E-state index contributed by atoms with van der Waals surface area (Å²) < 4.78 is 0. The average molecular weight is 429 g/mol. The molecule has 0 heterocycles. The normalized spacial score (nSPS) is 13.4. The number of hydrogen-bond donors (Lipinski definition) is 2. The van der Waals surface area contributed by atoms with Crippen molar-refractivity contribution >= 4 is 0 Å². The first-order valence-electron chi connectivity index (χ1n) is 13.7. The van der Waals surface area contributed by atoms with Crippen molar-refractivity contribution in [2.24, 2.45) is 11.8 Å². The van der Waals surface area contributed by atoms with Gasteiger partial charge in [0.15, 0.2) is 0 Å². The number of aliphatic hydroxyl groups excluding tert-OH is 2. The molecule has 2 atom stereocenters. The van der Waals surface area contributed by atoms with Crippen molar-refractivity contribution in [1.29, 1.82) is 0 Å². The lowest BCUT2D eigenvalue weighted by molar-refractivity contribution is 0.113. The number of aliphatic hydroxyl groups is 2. The van der Waals surface area contributed by atoms with Crippen molar-refractivity contribution in [3.05, 3.63) is 0 Å². The van der Waals surface area contributed by atoms with E-state index in [1.54, 1.807) is 0 Å². The van der Waals surface area contributed by atoms with Crippen molar-refractivity contribution < 1.29 is 10.2 Å². The SMILES string of the molecule is CCCCCCCCCCC(O)C(C)C.CCCCCCCCCC[C@H](O)C(C)C. The fourth-order valence-corrected chi connectivity index (χ4v) is 3.64. The van der Waals surface area contributed by atoms with E-state index >= 15 is 0 Å². The monoisotopic (exact) mass is 428 g/mol. The minimum atomic E-state index is -0.0786. The standard InChI is InChI=1S/2C14H30O/c2*1-4-5-6-7-8-9-10-11-12-14(15)13(2)3/h2*13-15H,4-12H2,1-3H3/t14-;/m0./s1. The van der Waals surface area contributed by atoms with Crippen LogP contribution in [-0.2, 0) is 0 Å². The van der Waals surface area contributed by atoms with E-state index < -0.39 is 0 Å². The van der Waals surface area contributed by atoms with Crippen LogP contribution in [0.1, 0.15) is 157 Å². The Morgan fingerprint density at radius 2 is 0.633 bits per heavy atom. The molecule has 0 spiro atoms. The maximum atomic E-state index is 9.60. The highest BCUT2D eigenvalue weighted by molar-refractivity contribution is 4.60. The van der Waals surface area contributed by atoms with Crippen LogP contribution in [0.4, 0.5) is 0 Å². The van der Waals surface area contributed by atoms with Gasteiger partial charge in [0.25, 0.3) is 0 Å². The van der Waals surface area contributed by atoms with Crippen LogP contribution in [0.2, 0.25) is 0 Å². The molecule has 2 N–H and O–H groups in total. The maximum Gasteiger partial charge on any atom is 0.0563 e. The molecular formula is C28H60O2. The van der Waals surface area contributed by atoms with Crippen molar-refractivity contribution in [2.75, 3.05) is 0 Å². The van der Waals surface area contributed by atoms with Gasteiger partial charge in [-0.05, 0) is 24.7 Å². The molecule has 2 nitrogen and oxygen atoms in total. The fraction of sp³-hybridized carbons (Fsp3) is 1.00. The Balaban J connectivity index is 0. The maximum absolute atomic E-state index is 9.60. The highest BCUT2D eigenvalue weighted by Gasteiger charge is 2.08. The number of hydrogen-bond acceptors (Lipinski definition) is 2. The molecule has 2 heteroatoms. The summed E-state index contributed by atoms with van der Waals surface area (Å²) in [6.07, 6.45) is 23.4. The van der Waals surface area contributed by atoms with E-state index in [2.05, 4.69) is 41.5 Å². The van der Waals surface area contributed by atoms with Crippen molar-refractivity contribution in [1.82, 2.24) is 0 Å². The van der Waals surface area contributed by atoms with Crippen molar-refractivity contribution in [3.63, 3.8) is 0 Å². The van der Waals surface area contributed by atoms with Gasteiger partial charge in [-0.1, -0.05) is 144 Å². The Morgan fingerprint density at radius 3 is 0.867 bits per heavy atom. The average Bonchev–Trinajstić information content (AvgIpc) is 2.71. The lowest BCUT2D eigenvalue weighted by Crippen LogP contribution is -2.13. The molecule has 0 aromatic rings. The molecule has 0 saturated carbocycles. The Morgan fingerprint density at radius 1 is 0.400 bits per heavy atom. The van der Waals surface area contributed by atoms with E-state index in [0.29, 0.717) is 11.8 Å². The molecule has 0 amide bonds. The van der Waals surface area contributed by atoms with Crippen LogP contribution in [0, 0.1) is 11.8 Å². The third-order valence-electron chi connectivity index (χ3n) is 6.25. The molecule has 0 aromatic heterocycles. The Kier molecular flexibility index (Phi) is 26.9. The van der Waals surface area contributed by atoms with Gasteiger partial charge in [-0.3, -0.25) is 0 Å². The molecule has 30 heavy (non-hydrogen) atoms. The molecule has 0 saturated heterocycles. The largest absolute Gasteiger partial charge is 0.393 e. The van der Waals surface area contributed by atoms with Gasteiger partial charge in [-0.15, -0.1) is 0 Å². The predicted molar refractivity (Wildman–Crippen MR) is 136 cm³/mol. The smallest absolute Gasteiger partial charge is 0.0563 e. The Bertz CT molecular complexity index is 271. The highest BCUT2D eigenvalue weighted by Crippen LogP contribution is 2.14. The quantitative estimate of drug-likeness (QED) is 0.190. The molecular weight excluding hydrogens is 368 g/mol. The molecule has 184 valence electrons. The van der Waals surface area contributed by atoms with E-state index in [1.807, 2.05) is 0 Å². The second-order valence-electron chi connectivity index (χ2n) is 10.1. The Labute approximate surface area is 191 Å². The second-order valence-corrected chi connectivity index (χ2v) is 10.1. The minimum Gasteiger partial charge on any atom is -0.393 e. The van der Waals surface area contributed by atoms with Crippen LogP contribution < -0.4 is 0 Å². The van der Waals surface area contributed by atoms with E-state index in [-0.39, 0.29) is 12.2 Å². The zero-order valence-electron chi connectivity index (χ0n) is 21.9. The summed E-state index contributed by atoms with van der Waals surface area (Å²) in [6, 6.07) is 0. The fourth-order valence-electron chi connectivity index (χ4n) is 3.64. The van der Waals surface area contributed by atoms with Crippen molar-refractivity contribution in [3.8, 4) is 0 Å². The van der Waals surface area contributed by atoms with Crippen LogP contribution in [-0.4, -0.2) is 22.4 Å². The molecule has 0 rings (SSSR count). The van der Waals surface area contributed by atoms with E-state index in [1.165, 1.54) is 103 Å². The van der Waals surface area contributed by atoms with Crippen LogP contribution in [0.25, 0.3) is 0 Å². The van der Waals surface area contributed by atoms with Gasteiger partial charge in [0.1, 0.15) is 0 Å². The summed E-state index contributed by atoms with van der Waals surface area (Å²) in [5.41, 5.74) is 0. The summed E-state index contributed by atoms with van der Waals surface area (Å²) in [4.78, 5) is 0. The summed E-state index contributed by atoms with van der Waals surface area (Å²) in [5.74, 6) is 0.851. The van der Waals surface area contributed by atoms with E-state index in [9.17, 15) is 10.2 Å². The first-order valence-corrected chi connectivity index (χ1v) is 13.7. The topological polar surface area (TPSA) is 40.5 Å². The molecule has 0 aromatic carbocycles. The predicted octanol–water partition coefficient (Wildman–Crippen LogP) is 9.07. The molecule has 0 bridgehead atoms. The number of rotatable bonds is 20. The summed E-state index contributed by atoms with van der Waals surface area (Å²) in [5, 5.41) is 19.2. The summed E-state index contributed by atoms with van der Waals surface area (Å²) in [7, 11) is 0. The first-order chi connectivity index (χ1) is 14.4. The van der Waals surface area contributed by atoms with Crippen LogP contribution in [0.15, 0.2) is 0 Å². The summed E-state index contributed by atoms with van der Waals surface area (Å²) in [6.45, 7) is 12.9. The van der Waals surface area contributed by atoms with E-state index in [4.69, 9.17) is 0 Å². The molecule has 0 aliphatic heterocycles. The van der Waals surface area contributed by atoms with Crippen LogP contribution in [0.3, 0.4) is 0 Å². The first kappa shape index (κ1) is 32.1. The second kappa shape index (κ2) is 25.2. The van der Waals surface area contributed by atoms with Gasteiger partial charge in [0.2, 0.25) is 0 Å². The zero-order chi connectivity index (χ0) is 23.0. The molecule has 0 radical (unpaired) electrons. The molecule has 0 fully saturated rings. The van der Waals surface area contributed by atoms with Gasteiger partial charge in [-0.25, -0.2) is 0 Å². The van der Waals surface area contributed by atoms with Crippen LogP contribution >= 0.6 is 0 Å². The number of unbranched alkanes of at least 4 members (excludes halogenated alkanes) is 14. The van der Waals surface area contributed by atoms with Gasteiger partial charge in [-0.2, -0.15) is 0 Å². The summed E-state index contributed by atoms with van der Waals surface area (Å²) >= 11 is 0. The third kappa shape index (κ3) is 26.0. The van der Waals surface area contributed by atoms with Gasteiger partial charge in [0.05, 0.1) is 12.2 Å². The zero-order valence-corrected chi connectivity index (χ0v) is 21.9. The third-order valence-corrected chi connectivity index (χ3v) is 6.25. The molecule has 0 aliphatic carbocycles. The highest BCUT2D eigenvalue weighted by atomic mass is 16.3. The van der Waals surface area contributed by atoms with Gasteiger partial charge in [0, 0.05) is 0 Å². The minimum absolute atomic E-state index is 0.0786. The molecule has 1 unspecified atom stereocenters. The molecule has 0 aliphatic rings. The van der Waals surface area contributed by atoms with Crippen LogP contribution in [0.5, 0.6) is 0 Å². The Hall–Kier alpha value is -0.0800. The lowest BCUT2D eigenvalue weighted by Gasteiger charge is -2.13. The van der Waals surface area contributed by atoms with Gasteiger partial charge >= 0.3 is 0 Å².